The van der Waals surface area contributed by atoms with Crippen LogP contribution in [0.25, 0.3) is 21.9 Å². The summed E-state index contributed by atoms with van der Waals surface area (Å²) in [4.78, 5) is 0. The third kappa shape index (κ3) is 8.43. The topological polar surface area (TPSA) is 0 Å². The van der Waals surface area contributed by atoms with E-state index < -0.39 is 0 Å². The second-order valence-electron chi connectivity index (χ2n) is 7.86. The van der Waals surface area contributed by atoms with Crippen molar-refractivity contribution in [1.82, 2.24) is 0 Å². The Hall–Kier alpha value is -0.790. The Balaban J connectivity index is -0.000000522. The van der Waals surface area contributed by atoms with Gasteiger partial charge in [-0.25, -0.2) is 5.57 Å². The van der Waals surface area contributed by atoms with Crippen LogP contribution in [-0.2, 0) is 23.3 Å². The van der Waals surface area contributed by atoms with Crippen LogP contribution in [0.3, 0.4) is 0 Å². The van der Waals surface area contributed by atoms with Crippen molar-refractivity contribution < 1.29 is 23.3 Å². The molecule has 0 bridgehead atoms. The Morgan fingerprint density at radius 2 is 1.33 bits per heavy atom. The molecule has 0 spiro atoms. The number of allylic oxidation sites excluding steroid dienone is 4. The Bertz CT molecular complexity index is 1060. The number of aryl methyl sites for hydroxylation is 3. The Kier molecular flexibility index (Phi) is 18.7. The van der Waals surface area contributed by atoms with Crippen LogP contribution in [0.15, 0.2) is 65.3 Å². The molecule has 0 N–H and O–H groups in total. The average molecular weight is 577 g/mol. The molecule has 0 aromatic heterocycles. The van der Waals surface area contributed by atoms with E-state index in [0.717, 1.165) is 0 Å². The third-order valence-corrected chi connectivity index (χ3v) is 5.98. The van der Waals surface area contributed by atoms with Gasteiger partial charge in [0.2, 0.25) is 0 Å². The van der Waals surface area contributed by atoms with Crippen molar-refractivity contribution in [2.75, 3.05) is 0 Å². The standard InChI is InChI=1S/C18H17.C9H13.2CH3.2ClH.Si.Zr/c1-12-9-10-13(2)18-16(12)11-14(3)17(18)15-7-5-4-6-8-15;1-6-5-7(2)9(4)8(6)3;;;;;;/h4-11H,1-3H3;6H,1-4H3;2*1H3;2*1H;;/q4*-1;;;;. The number of fused-ring (bicyclic) bond motifs is 1. The maximum absolute atomic E-state index is 3.36. The number of benzene rings is 2. The summed E-state index contributed by atoms with van der Waals surface area (Å²) in [5.41, 5.74) is 11.1. The van der Waals surface area contributed by atoms with E-state index in [9.17, 15) is 0 Å². The van der Waals surface area contributed by atoms with Gasteiger partial charge in [0.15, 0.2) is 0 Å². The van der Waals surface area contributed by atoms with Crippen LogP contribution in [-0.4, -0.2) is 6.88 Å². The number of hydrogen-bond donors (Lipinski definition) is 0. The molecular formula is C29H38Cl2SiZr-4. The number of halogens is 2. The van der Waals surface area contributed by atoms with E-state index in [1.54, 1.807) is 0 Å². The van der Waals surface area contributed by atoms with Crippen LogP contribution in [0, 0.1) is 47.6 Å². The van der Waals surface area contributed by atoms with Gasteiger partial charge in [0.25, 0.3) is 0 Å². The molecule has 0 amide bonds. The molecule has 1 atom stereocenters. The monoisotopic (exact) mass is 574 g/mol. The predicted octanol–water partition coefficient (Wildman–Crippen LogP) is 9.23. The molecule has 4 rings (SSSR count). The van der Waals surface area contributed by atoms with Gasteiger partial charge in [-0.3, -0.25) is 6.08 Å². The second-order valence-corrected chi connectivity index (χ2v) is 7.86. The van der Waals surface area contributed by atoms with E-state index in [4.69, 9.17) is 0 Å². The summed E-state index contributed by atoms with van der Waals surface area (Å²) in [6.45, 7) is 18.3. The van der Waals surface area contributed by atoms with Gasteiger partial charge in [-0.15, -0.1) is 71.3 Å². The first-order chi connectivity index (χ1) is 13.8. The first-order valence-electron chi connectivity index (χ1n) is 10.1. The van der Waals surface area contributed by atoms with Crippen LogP contribution in [0.1, 0.15) is 44.4 Å². The van der Waals surface area contributed by atoms with Gasteiger partial charge in [0.1, 0.15) is 0 Å². The van der Waals surface area contributed by atoms with Gasteiger partial charge in [-0.2, -0.15) is 11.1 Å². The Morgan fingerprint density at radius 3 is 1.76 bits per heavy atom. The summed E-state index contributed by atoms with van der Waals surface area (Å²) in [5, 5.41) is 2.81. The summed E-state index contributed by atoms with van der Waals surface area (Å²) in [6, 6.07) is 17.4. The molecule has 1 unspecified atom stereocenters. The molecule has 1 aliphatic carbocycles. The van der Waals surface area contributed by atoms with Gasteiger partial charge in [-0.05, 0) is 6.92 Å². The summed E-state index contributed by atoms with van der Waals surface area (Å²) in [5.74, 6) is 0.560. The first kappa shape index (κ1) is 36.8. The Labute approximate surface area is 232 Å². The molecule has 4 heteroatoms. The summed E-state index contributed by atoms with van der Waals surface area (Å²) in [6.07, 6.45) is 3.36. The van der Waals surface area contributed by atoms with E-state index in [-0.39, 0.29) is 39.7 Å². The second kappa shape index (κ2) is 16.8. The maximum atomic E-state index is 3.36. The van der Waals surface area contributed by atoms with E-state index >= 15 is 0 Å². The van der Waals surface area contributed by atoms with Gasteiger partial charge in [0.05, 0.1) is 0 Å². The molecule has 3 aromatic rings. The van der Waals surface area contributed by atoms with Gasteiger partial charge in [-0.1, -0.05) is 88.1 Å². The zero-order valence-electron chi connectivity index (χ0n) is 21.5. The minimum atomic E-state index is 0. The zero-order valence-corrected chi connectivity index (χ0v) is 26.6. The minimum absolute atomic E-state index is 0. The predicted molar refractivity (Wildman–Crippen MR) is 152 cm³/mol. The zero-order chi connectivity index (χ0) is 21.7. The fourth-order valence-electron chi connectivity index (χ4n) is 3.97. The van der Waals surface area contributed by atoms with Crippen molar-refractivity contribution in [1.29, 1.82) is 0 Å². The molecule has 0 nitrogen and oxygen atoms in total. The Morgan fingerprint density at radius 1 is 0.818 bits per heavy atom. The van der Waals surface area contributed by atoms with Crippen LogP contribution >= 0.6 is 24.8 Å². The van der Waals surface area contributed by atoms with E-state index in [1.165, 1.54) is 78.6 Å². The van der Waals surface area contributed by atoms with Crippen molar-refractivity contribution in [3.05, 3.63) is 103 Å². The van der Waals surface area contributed by atoms with Crippen molar-refractivity contribution in [2.24, 2.45) is 5.92 Å². The molecule has 180 valence electrons. The van der Waals surface area contributed by atoms with Gasteiger partial charge >= 0.3 is 30.2 Å². The van der Waals surface area contributed by atoms with Crippen molar-refractivity contribution >= 4 is 42.5 Å². The fraction of sp³-hybridized carbons (Fsp3) is 0.276. The molecule has 0 aliphatic heterocycles. The molecule has 0 heterocycles. The van der Waals surface area contributed by atoms with Crippen molar-refractivity contribution in [2.45, 2.75) is 48.5 Å². The van der Waals surface area contributed by atoms with E-state index in [0.29, 0.717) is 5.92 Å². The molecule has 1 aliphatic rings. The van der Waals surface area contributed by atoms with Crippen LogP contribution < -0.4 is 0 Å². The van der Waals surface area contributed by atoms with Gasteiger partial charge in [0, 0.05) is 0 Å². The number of rotatable bonds is 1. The van der Waals surface area contributed by atoms with Crippen LogP contribution in [0.5, 0.6) is 0 Å². The molecule has 0 saturated carbocycles. The fourth-order valence-corrected chi connectivity index (χ4v) is 3.97. The van der Waals surface area contributed by atoms with Crippen molar-refractivity contribution in [3.8, 4) is 11.1 Å². The molecule has 0 saturated heterocycles. The van der Waals surface area contributed by atoms with Crippen LogP contribution in [0.2, 0.25) is 0 Å². The molecule has 3 aromatic carbocycles. The summed E-state index contributed by atoms with van der Waals surface area (Å²) in [7, 11) is 0. The van der Waals surface area contributed by atoms with E-state index in [2.05, 4.69) is 110 Å². The average Bonchev–Trinajstić information content (AvgIpc) is 3.20. The first-order valence-corrected chi connectivity index (χ1v) is 14.2. The summed E-state index contributed by atoms with van der Waals surface area (Å²) >= 11 is 1.36. The molecule has 0 fully saturated rings. The SMILES string of the molecule is CC1=[C-]C(C)C(C)=C1C.Cc1[cH-]c2c(C)ccc(C)c2c1-c1ccccc1.Cl.Cl.[CH3-].[CH3-].[Si]=[Zr]. The molecule has 2 radical (unpaired) electrons. The summed E-state index contributed by atoms with van der Waals surface area (Å²) < 4.78 is 0. The number of hydrogen-bond acceptors (Lipinski definition) is 0. The van der Waals surface area contributed by atoms with Crippen LogP contribution in [0.4, 0.5) is 0 Å². The molecule has 33 heavy (non-hydrogen) atoms. The van der Waals surface area contributed by atoms with Gasteiger partial charge < -0.3 is 14.9 Å². The van der Waals surface area contributed by atoms with E-state index in [1.807, 2.05) is 0 Å². The quantitative estimate of drug-likeness (QED) is 0.200. The third-order valence-electron chi connectivity index (χ3n) is 5.98. The molecular weight excluding hydrogens is 539 g/mol. The normalized spacial score (nSPS) is 13.5. The van der Waals surface area contributed by atoms with Crippen molar-refractivity contribution in [3.63, 3.8) is 0 Å².